The van der Waals surface area contributed by atoms with E-state index in [0.29, 0.717) is 28.6 Å². The highest BCUT2D eigenvalue weighted by Gasteiger charge is 2.42. The molecule has 2 atom stereocenters. The summed E-state index contributed by atoms with van der Waals surface area (Å²) in [7, 11) is 0. The lowest BCUT2D eigenvalue weighted by Gasteiger charge is -2.27. The van der Waals surface area contributed by atoms with Gasteiger partial charge in [-0.2, -0.15) is 0 Å². The van der Waals surface area contributed by atoms with Crippen molar-refractivity contribution in [1.82, 2.24) is 4.90 Å². The minimum absolute atomic E-state index is 0.0206. The Labute approximate surface area is 245 Å². The van der Waals surface area contributed by atoms with E-state index in [2.05, 4.69) is 0 Å². The van der Waals surface area contributed by atoms with Crippen LogP contribution in [0.2, 0.25) is 5.02 Å². The summed E-state index contributed by atoms with van der Waals surface area (Å²) >= 11 is 7.58. The van der Waals surface area contributed by atoms with Crippen LogP contribution in [0.1, 0.15) is 53.7 Å². The molecule has 8 heteroatoms. The summed E-state index contributed by atoms with van der Waals surface area (Å²) in [5, 5.41) is 0.545. The number of rotatable bonds is 8. The third kappa shape index (κ3) is 6.53. The Morgan fingerprint density at radius 1 is 0.950 bits per heavy atom. The summed E-state index contributed by atoms with van der Waals surface area (Å²) in [4.78, 5) is 41.8. The van der Waals surface area contributed by atoms with E-state index in [1.165, 1.54) is 6.92 Å². The molecule has 6 nitrogen and oxygen atoms in total. The van der Waals surface area contributed by atoms with Gasteiger partial charge in [-0.15, -0.1) is 11.8 Å². The molecule has 0 radical (unpaired) electrons. The molecule has 1 amide bonds. The molecular weight excluding hydrogens is 546 g/mol. The highest BCUT2D eigenvalue weighted by Crippen LogP contribution is 2.39. The molecule has 210 valence electrons. The number of nitrogens with zero attached hydrogens (tertiary/aromatic N) is 1. The maximum Gasteiger partial charge on any atom is 0.415 e. The van der Waals surface area contributed by atoms with Gasteiger partial charge in [-0.3, -0.25) is 9.59 Å². The fourth-order valence-corrected chi connectivity index (χ4v) is 5.41. The Hall–Kier alpha value is -3.29. The van der Waals surface area contributed by atoms with Crippen molar-refractivity contribution in [3.8, 4) is 11.5 Å². The molecule has 0 saturated carbocycles. The van der Waals surface area contributed by atoms with Crippen molar-refractivity contribution in [1.29, 1.82) is 0 Å². The molecule has 1 fully saturated rings. The van der Waals surface area contributed by atoms with Crippen molar-refractivity contribution in [2.24, 2.45) is 5.92 Å². The topological polar surface area (TPSA) is 72.9 Å². The Bertz CT molecular complexity index is 1400. The van der Waals surface area contributed by atoms with Crippen LogP contribution in [0.4, 0.5) is 4.79 Å². The zero-order valence-electron chi connectivity index (χ0n) is 23.6. The number of thioether (sulfide) groups is 1. The van der Waals surface area contributed by atoms with Crippen molar-refractivity contribution in [3.63, 3.8) is 0 Å². The summed E-state index contributed by atoms with van der Waals surface area (Å²) in [6, 6.07) is 18.1. The second-order valence-corrected chi connectivity index (χ2v) is 12.0. The maximum absolute atomic E-state index is 13.8. The summed E-state index contributed by atoms with van der Waals surface area (Å²) < 4.78 is 11.7. The van der Waals surface area contributed by atoms with E-state index < -0.39 is 17.6 Å². The van der Waals surface area contributed by atoms with E-state index in [-0.39, 0.29) is 24.0 Å². The molecule has 0 aliphatic carbocycles. The van der Waals surface area contributed by atoms with Gasteiger partial charge in [0, 0.05) is 40.4 Å². The Morgan fingerprint density at radius 2 is 1.55 bits per heavy atom. The second-order valence-electron chi connectivity index (χ2n) is 10.7. The predicted octanol–water partition coefficient (Wildman–Crippen LogP) is 7.52. The van der Waals surface area contributed by atoms with Crippen LogP contribution in [-0.2, 0) is 4.79 Å². The minimum Gasteiger partial charge on any atom is -0.480 e. The predicted molar refractivity (Wildman–Crippen MR) is 159 cm³/mol. The SMILES string of the molecule is CSc1ccc(C(=O)C2CN(C(=O)Oc3ccc(Cl)cc3)CC2c2cc(C)c(OC(C)(C)C(C)=O)c(C)c2)cc1. The van der Waals surface area contributed by atoms with E-state index >= 15 is 0 Å². The molecule has 4 rings (SSSR count). The molecule has 1 aliphatic heterocycles. The summed E-state index contributed by atoms with van der Waals surface area (Å²) in [5.41, 5.74) is 2.30. The first-order chi connectivity index (χ1) is 18.9. The molecule has 0 spiro atoms. The fraction of sp³-hybridized carbons (Fsp3) is 0.344. The van der Waals surface area contributed by atoms with Crippen molar-refractivity contribution >= 4 is 41.0 Å². The zero-order chi connectivity index (χ0) is 29.2. The lowest BCUT2D eigenvalue weighted by atomic mass is 9.82. The van der Waals surface area contributed by atoms with Gasteiger partial charge in [-0.25, -0.2) is 4.79 Å². The van der Waals surface area contributed by atoms with E-state index in [0.717, 1.165) is 21.6 Å². The van der Waals surface area contributed by atoms with Gasteiger partial charge in [0.1, 0.15) is 11.5 Å². The molecule has 1 saturated heterocycles. The first-order valence-corrected chi connectivity index (χ1v) is 14.7. The van der Waals surface area contributed by atoms with Crippen LogP contribution < -0.4 is 9.47 Å². The number of hydrogen-bond donors (Lipinski definition) is 0. The Kier molecular flexibility index (Phi) is 8.96. The largest absolute Gasteiger partial charge is 0.480 e. The van der Waals surface area contributed by atoms with Crippen LogP contribution in [0, 0.1) is 19.8 Å². The first-order valence-electron chi connectivity index (χ1n) is 13.1. The average molecular weight is 580 g/mol. The normalized spacial score (nSPS) is 17.0. The molecule has 40 heavy (non-hydrogen) atoms. The summed E-state index contributed by atoms with van der Waals surface area (Å²) in [6.45, 7) is 9.43. The van der Waals surface area contributed by atoms with Gasteiger partial charge in [0.2, 0.25) is 0 Å². The van der Waals surface area contributed by atoms with Gasteiger partial charge in [0.05, 0.1) is 0 Å². The molecule has 0 bridgehead atoms. The third-order valence-electron chi connectivity index (χ3n) is 7.42. The highest BCUT2D eigenvalue weighted by atomic mass is 35.5. The van der Waals surface area contributed by atoms with Gasteiger partial charge < -0.3 is 14.4 Å². The molecule has 0 aromatic heterocycles. The number of carbonyl (C=O) groups is 3. The number of Topliss-reactive ketones (excluding diaryl/α,β-unsaturated/α-hetero) is 2. The number of ketones is 2. The van der Waals surface area contributed by atoms with Gasteiger partial charge in [-0.05, 0) is 94.0 Å². The molecule has 1 heterocycles. The van der Waals surface area contributed by atoms with E-state index in [1.807, 2.05) is 56.5 Å². The molecule has 0 N–H and O–H groups in total. The number of benzene rings is 3. The van der Waals surface area contributed by atoms with E-state index in [9.17, 15) is 14.4 Å². The minimum atomic E-state index is -0.964. The van der Waals surface area contributed by atoms with Crippen molar-refractivity contribution < 1.29 is 23.9 Å². The maximum atomic E-state index is 13.8. The third-order valence-corrected chi connectivity index (χ3v) is 8.42. The number of halogens is 1. The quantitative estimate of drug-likeness (QED) is 0.203. The van der Waals surface area contributed by atoms with Crippen LogP contribution in [0.15, 0.2) is 65.6 Å². The first kappa shape index (κ1) is 29.7. The second kappa shape index (κ2) is 12.1. The highest BCUT2D eigenvalue weighted by molar-refractivity contribution is 7.98. The van der Waals surface area contributed by atoms with Crippen LogP contribution in [0.3, 0.4) is 0 Å². The van der Waals surface area contributed by atoms with Crippen LogP contribution in [-0.4, -0.2) is 47.5 Å². The van der Waals surface area contributed by atoms with E-state index in [1.54, 1.807) is 54.8 Å². The molecule has 3 aromatic rings. The average Bonchev–Trinajstić information content (AvgIpc) is 3.37. The van der Waals surface area contributed by atoms with Crippen LogP contribution in [0.25, 0.3) is 0 Å². The van der Waals surface area contributed by atoms with Crippen molar-refractivity contribution in [2.75, 3.05) is 19.3 Å². The summed E-state index contributed by atoms with van der Waals surface area (Å²) in [5.74, 6) is 0.230. The lowest BCUT2D eigenvalue weighted by molar-refractivity contribution is -0.129. The molecular formula is C32H34ClNO5S. The molecule has 1 aliphatic rings. The number of carbonyl (C=O) groups excluding carboxylic acids is 3. The Balaban J connectivity index is 1.66. The van der Waals surface area contributed by atoms with Crippen LogP contribution >= 0.6 is 23.4 Å². The monoisotopic (exact) mass is 579 g/mol. The summed E-state index contributed by atoms with van der Waals surface area (Å²) in [6.07, 6.45) is 1.47. The number of ether oxygens (including phenoxy) is 2. The number of likely N-dealkylation sites (tertiary alicyclic amines) is 1. The van der Waals surface area contributed by atoms with Gasteiger partial charge in [0.15, 0.2) is 17.2 Å². The molecule has 2 unspecified atom stereocenters. The Morgan fingerprint density at radius 3 is 2.10 bits per heavy atom. The smallest absolute Gasteiger partial charge is 0.415 e. The number of amides is 1. The fourth-order valence-electron chi connectivity index (χ4n) is 4.88. The lowest BCUT2D eigenvalue weighted by Crippen LogP contribution is -2.36. The van der Waals surface area contributed by atoms with Crippen molar-refractivity contribution in [3.05, 3.63) is 87.9 Å². The number of hydrogen-bond acceptors (Lipinski definition) is 6. The van der Waals surface area contributed by atoms with Gasteiger partial charge >= 0.3 is 6.09 Å². The molecule has 3 aromatic carbocycles. The van der Waals surface area contributed by atoms with Gasteiger partial charge in [-0.1, -0.05) is 35.9 Å². The zero-order valence-corrected chi connectivity index (χ0v) is 25.2. The van der Waals surface area contributed by atoms with E-state index in [4.69, 9.17) is 21.1 Å². The van der Waals surface area contributed by atoms with Crippen molar-refractivity contribution in [2.45, 2.75) is 51.0 Å². The van der Waals surface area contributed by atoms with Crippen LogP contribution in [0.5, 0.6) is 11.5 Å². The number of aryl methyl sites for hydroxylation is 2. The van der Waals surface area contributed by atoms with Gasteiger partial charge in [0.25, 0.3) is 0 Å². The standard InChI is InChI=1S/C32H34ClNO5S/c1-19-15-23(16-20(2)30(19)39-32(4,5)21(3)35)27-17-34(31(37)38-25-11-9-24(33)10-12-25)18-28(27)29(36)22-7-13-26(40-6)14-8-22/h7-16,27-28H,17-18H2,1-6H3.